The lowest BCUT2D eigenvalue weighted by molar-refractivity contribution is 0.102. The Bertz CT molecular complexity index is 719. The first kappa shape index (κ1) is 13.3. The summed E-state index contributed by atoms with van der Waals surface area (Å²) in [6.45, 7) is 1.81. The number of aromatic nitrogens is 2. The molecule has 0 aliphatic carbocycles. The van der Waals surface area contributed by atoms with E-state index in [1.165, 1.54) is 18.2 Å². The zero-order valence-corrected chi connectivity index (χ0v) is 11.3. The summed E-state index contributed by atoms with van der Waals surface area (Å²) >= 11 is 0. The average Bonchev–Trinajstić information content (AvgIpc) is 2.74. The second-order valence-corrected chi connectivity index (χ2v) is 6.21. The number of rotatable bonds is 3. The van der Waals surface area contributed by atoms with Gasteiger partial charge in [-0.1, -0.05) is 6.07 Å². The van der Waals surface area contributed by atoms with Crippen molar-refractivity contribution in [3.05, 3.63) is 41.6 Å². The van der Waals surface area contributed by atoms with Gasteiger partial charge in [0.15, 0.2) is 15.7 Å². The Kier molecular flexibility index (Phi) is 3.39. The van der Waals surface area contributed by atoms with Crippen molar-refractivity contribution >= 4 is 21.6 Å². The van der Waals surface area contributed by atoms with Crippen molar-refractivity contribution in [2.24, 2.45) is 0 Å². The van der Waals surface area contributed by atoms with Gasteiger partial charge in [-0.25, -0.2) is 8.42 Å². The Balaban J connectivity index is 2.25. The van der Waals surface area contributed by atoms with E-state index in [0.29, 0.717) is 5.82 Å². The van der Waals surface area contributed by atoms with Crippen molar-refractivity contribution in [3.8, 4) is 0 Å². The molecule has 0 atom stereocenters. The molecule has 7 heteroatoms. The zero-order chi connectivity index (χ0) is 14.0. The fourth-order valence-corrected chi connectivity index (χ4v) is 2.21. The summed E-state index contributed by atoms with van der Waals surface area (Å²) < 4.78 is 22.8. The molecule has 2 rings (SSSR count). The van der Waals surface area contributed by atoms with Gasteiger partial charge < -0.3 is 5.32 Å². The Morgan fingerprint density at radius 3 is 2.63 bits per heavy atom. The molecule has 1 aromatic carbocycles. The van der Waals surface area contributed by atoms with E-state index in [4.69, 9.17) is 0 Å². The second-order valence-electron chi connectivity index (χ2n) is 4.19. The molecule has 0 unspecified atom stereocenters. The molecule has 0 bridgehead atoms. The molecule has 2 aromatic rings. The van der Waals surface area contributed by atoms with Crippen molar-refractivity contribution in [1.29, 1.82) is 0 Å². The molecule has 1 amide bonds. The maximum absolute atomic E-state index is 11.9. The summed E-state index contributed by atoms with van der Waals surface area (Å²) in [7, 11) is -3.33. The number of sulfone groups is 1. The van der Waals surface area contributed by atoms with Gasteiger partial charge in [0.2, 0.25) is 0 Å². The lowest BCUT2D eigenvalue weighted by Crippen LogP contribution is -2.13. The highest BCUT2D eigenvalue weighted by atomic mass is 32.2. The average molecular weight is 279 g/mol. The molecule has 0 fully saturated rings. The van der Waals surface area contributed by atoms with Gasteiger partial charge in [-0.15, -0.1) is 0 Å². The maximum Gasteiger partial charge on any atom is 0.256 e. The van der Waals surface area contributed by atoms with E-state index in [1.807, 2.05) is 6.92 Å². The summed E-state index contributed by atoms with van der Waals surface area (Å²) in [4.78, 5) is 12.1. The lowest BCUT2D eigenvalue weighted by atomic mass is 10.2. The van der Waals surface area contributed by atoms with Gasteiger partial charge in [0.1, 0.15) is 0 Å². The molecule has 0 aliphatic heterocycles. The predicted molar refractivity (Wildman–Crippen MR) is 70.8 cm³/mol. The van der Waals surface area contributed by atoms with Crippen molar-refractivity contribution in [1.82, 2.24) is 10.2 Å². The highest BCUT2D eigenvalue weighted by molar-refractivity contribution is 7.90. The fourth-order valence-electron chi connectivity index (χ4n) is 1.54. The summed E-state index contributed by atoms with van der Waals surface area (Å²) in [6.07, 6.45) is 1.10. The Morgan fingerprint density at radius 1 is 1.32 bits per heavy atom. The Morgan fingerprint density at radius 2 is 2.05 bits per heavy atom. The number of amides is 1. The van der Waals surface area contributed by atoms with Crippen LogP contribution in [0.15, 0.2) is 35.2 Å². The molecule has 0 aliphatic rings. The quantitative estimate of drug-likeness (QED) is 0.887. The van der Waals surface area contributed by atoms with E-state index < -0.39 is 15.7 Å². The minimum Gasteiger partial charge on any atom is -0.305 e. The first-order chi connectivity index (χ1) is 8.86. The third-order valence-corrected chi connectivity index (χ3v) is 3.58. The van der Waals surface area contributed by atoms with Gasteiger partial charge in [-0.2, -0.15) is 5.10 Å². The smallest absolute Gasteiger partial charge is 0.256 e. The highest BCUT2D eigenvalue weighted by Crippen LogP contribution is 2.13. The monoisotopic (exact) mass is 279 g/mol. The van der Waals surface area contributed by atoms with Gasteiger partial charge in [0.05, 0.1) is 4.90 Å². The number of nitrogens with one attached hydrogen (secondary N) is 2. The Hall–Kier alpha value is -2.15. The van der Waals surface area contributed by atoms with Crippen LogP contribution in [0.4, 0.5) is 5.82 Å². The van der Waals surface area contributed by atoms with Gasteiger partial charge in [0.25, 0.3) is 5.91 Å². The minimum atomic E-state index is -3.33. The van der Waals surface area contributed by atoms with E-state index in [-0.39, 0.29) is 10.5 Å². The number of carbonyl (C=O) groups is 1. The standard InChI is InChI=1S/C12H13N3O3S/c1-8-6-11(15-14-8)13-12(16)9-4-3-5-10(7-9)19(2,17)18/h3-7H,1-2H3,(H2,13,14,15,16). The molecule has 0 saturated carbocycles. The number of anilines is 1. The molecular weight excluding hydrogens is 266 g/mol. The minimum absolute atomic E-state index is 0.110. The zero-order valence-electron chi connectivity index (χ0n) is 10.5. The van der Waals surface area contributed by atoms with Crippen molar-refractivity contribution in [2.45, 2.75) is 11.8 Å². The summed E-state index contributed by atoms with van der Waals surface area (Å²) in [5.74, 6) is -0.00995. The first-order valence-corrected chi connectivity index (χ1v) is 7.39. The molecule has 1 heterocycles. The van der Waals surface area contributed by atoms with Crippen molar-refractivity contribution in [2.75, 3.05) is 11.6 Å². The van der Waals surface area contributed by atoms with E-state index in [0.717, 1.165) is 11.9 Å². The van der Waals surface area contributed by atoms with E-state index >= 15 is 0 Å². The van der Waals surface area contributed by atoms with E-state index in [9.17, 15) is 13.2 Å². The van der Waals surface area contributed by atoms with Crippen LogP contribution >= 0.6 is 0 Å². The van der Waals surface area contributed by atoms with Crippen LogP contribution in [0.3, 0.4) is 0 Å². The Labute approximate surface area is 110 Å². The molecular formula is C12H13N3O3S. The SMILES string of the molecule is Cc1cc(NC(=O)c2cccc(S(C)(=O)=O)c2)n[nH]1. The lowest BCUT2D eigenvalue weighted by Gasteiger charge is -2.03. The number of benzene rings is 1. The first-order valence-electron chi connectivity index (χ1n) is 5.50. The normalized spacial score (nSPS) is 11.3. The third kappa shape index (κ3) is 3.19. The van der Waals surface area contributed by atoms with Crippen LogP contribution in [-0.4, -0.2) is 30.8 Å². The highest BCUT2D eigenvalue weighted by Gasteiger charge is 2.12. The number of hydrogen-bond acceptors (Lipinski definition) is 4. The molecule has 2 N–H and O–H groups in total. The van der Waals surface area contributed by atoms with Crippen molar-refractivity contribution in [3.63, 3.8) is 0 Å². The number of hydrogen-bond donors (Lipinski definition) is 2. The molecule has 19 heavy (non-hydrogen) atoms. The van der Waals surface area contributed by atoms with Gasteiger partial charge in [-0.3, -0.25) is 9.89 Å². The predicted octanol–water partition coefficient (Wildman–Crippen LogP) is 1.37. The van der Waals surface area contributed by atoms with Crippen LogP contribution in [-0.2, 0) is 9.84 Å². The van der Waals surface area contributed by atoms with E-state index in [1.54, 1.807) is 12.1 Å². The van der Waals surface area contributed by atoms with Crippen LogP contribution < -0.4 is 5.32 Å². The topological polar surface area (TPSA) is 91.9 Å². The summed E-state index contributed by atoms with van der Waals surface area (Å²) in [6, 6.07) is 7.54. The van der Waals surface area contributed by atoms with Crippen molar-refractivity contribution < 1.29 is 13.2 Å². The van der Waals surface area contributed by atoms with Gasteiger partial charge in [-0.05, 0) is 25.1 Å². The van der Waals surface area contributed by atoms with E-state index in [2.05, 4.69) is 15.5 Å². The van der Waals surface area contributed by atoms with Crippen LogP contribution in [0.5, 0.6) is 0 Å². The molecule has 6 nitrogen and oxygen atoms in total. The van der Waals surface area contributed by atoms with Crippen LogP contribution in [0.1, 0.15) is 16.1 Å². The second kappa shape index (κ2) is 4.85. The molecule has 0 radical (unpaired) electrons. The molecule has 0 spiro atoms. The molecule has 100 valence electrons. The number of H-pyrrole nitrogens is 1. The fraction of sp³-hybridized carbons (Fsp3) is 0.167. The number of aromatic amines is 1. The summed E-state index contributed by atoms with van der Waals surface area (Å²) in [5, 5.41) is 9.16. The maximum atomic E-state index is 11.9. The number of nitrogens with zero attached hydrogens (tertiary/aromatic N) is 1. The van der Waals surface area contributed by atoms with Gasteiger partial charge >= 0.3 is 0 Å². The van der Waals surface area contributed by atoms with Crippen LogP contribution in [0.2, 0.25) is 0 Å². The third-order valence-electron chi connectivity index (χ3n) is 2.47. The summed E-state index contributed by atoms with van der Waals surface area (Å²) in [5.41, 5.74) is 1.09. The van der Waals surface area contributed by atoms with Gasteiger partial charge in [0, 0.05) is 23.6 Å². The molecule has 1 aromatic heterocycles. The van der Waals surface area contributed by atoms with Crippen LogP contribution in [0.25, 0.3) is 0 Å². The number of aryl methyl sites for hydroxylation is 1. The number of carbonyl (C=O) groups excluding carboxylic acids is 1. The molecule has 0 saturated heterocycles. The largest absolute Gasteiger partial charge is 0.305 e. The van der Waals surface area contributed by atoms with Crippen LogP contribution in [0, 0.1) is 6.92 Å².